The molecule has 1 aliphatic carbocycles. The van der Waals surface area contributed by atoms with Crippen LogP contribution in [0.3, 0.4) is 0 Å². The van der Waals surface area contributed by atoms with Crippen molar-refractivity contribution < 1.29 is 0 Å². The summed E-state index contributed by atoms with van der Waals surface area (Å²) in [5.74, 6) is 4.04. The van der Waals surface area contributed by atoms with E-state index in [4.69, 9.17) is 0 Å². The second-order valence-electron chi connectivity index (χ2n) is 9.10. The molecule has 1 atom stereocenters. The molecule has 0 aromatic carbocycles. The Balaban J connectivity index is 1.64. The first-order valence-corrected chi connectivity index (χ1v) is 11.0. The summed E-state index contributed by atoms with van der Waals surface area (Å²) in [6.07, 6.45) is 14.8. The molecular formula is C21H39N3. The highest BCUT2D eigenvalue weighted by Crippen LogP contribution is 2.59. The van der Waals surface area contributed by atoms with Gasteiger partial charge in [0.25, 0.3) is 0 Å². The van der Waals surface area contributed by atoms with Gasteiger partial charge in [-0.2, -0.15) is 0 Å². The number of hydrogen-bond acceptors (Lipinski definition) is 3. The minimum absolute atomic E-state index is 0.685. The quantitative estimate of drug-likeness (QED) is 0.742. The average Bonchev–Trinajstić information content (AvgIpc) is 2.70. The summed E-state index contributed by atoms with van der Waals surface area (Å²) in [7, 11) is 0. The molecule has 3 aliphatic heterocycles. The van der Waals surface area contributed by atoms with Gasteiger partial charge in [-0.15, -0.1) is 0 Å². The van der Waals surface area contributed by atoms with E-state index in [9.17, 15) is 0 Å². The van der Waals surface area contributed by atoms with Crippen molar-refractivity contribution in [3.8, 4) is 0 Å². The lowest BCUT2D eigenvalue weighted by Gasteiger charge is -2.58. The minimum atomic E-state index is 0.685. The summed E-state index contributed by atoms with van der Waals surface area (Å²) >= 11 is 0. The molecule has 24 heavy (non-hydrogen) atoms. The number of rotatable bonds is 3. The van der Waals surface area contributed by atoms with Crippen LogP contribution in [0.4, 0.5) is 0 Å². The Morgan fingerprint density at radius 1 is 0.542 bits per heavy atom. The van der Waals surface area contributed by atoms with Crippen molar-refractivity contribution >= 4 is 0 Å². The van der Waals surface area contributed by atoms with Crippen molar-refractivity contribution in [1.29, 1.82) is 0 Å². The van der Waals surface area contributed by atoms with Crippen LogP contribution < -0.4 is 16.0 Å². The molecule has 3 nitrogen and oxygen atoms in total. The van der Waals surface area contributed by atoms with E-state index < -0.39 is 0 Å². The van der Waals surface area contributed by atoms with Gasteiger partial charge in [0, 0.05) is 0 Å². The summed E-state index contributed by atoms with van der Waals surface area (Å²) in [6, 6.07) is 0. The van der Waals surface area contributed by atoms with E-state index >= 15 is 0 Å². The molecule has 0 spiro atoms. The third-order valence-corrected chi connectivity index (χ3v) is 8.22. The van der Waals surface area contributed by atoms with Crippen LogP contribution in [-0.4, -0.2) is 39.3 Å². The predicted octanol–water partition coefficient (Wildman–Crippen LogP) is 3.16. The lowest BCUT2D eigenvalue weighted by Crippen LogP contribution is -2.54. The van der Waals surface area contributed by atoms with Crippen LogP contribution in [0.2, 0.25) is 0 Å². The Morgan fingerprint density at radius 3 is 1.58 bits per heavy atom. The van der Waals surface area contributed by atoms with Gasteiger partial charge < -0.3 is 16.0 Å². The molecule has 0 aromatic rings. The second-order valence-corrected chi connectivity index (χ2v) is 9.10. The molecule has 4 fully saturated rings. The average molecular weight is 334 g/mol. The molecule has 3 heteroatoms. The smallest absolute Gasteiger partial charge is 0.00461 e. The van der Waals surface area contributed by atoms with Gasteiger partial charge in [0.15, 0.2) is 0 Å². The molecule has 3 heterocycles. The molecule has 138 valence electrons. The standard InChI is InChI=1S/C21H39N3/c1-2-10-21(18-6-13-23-14-7-18,19-8-15-24-16-9-19)20(3-1)17-4-11-22-12-5-17/h17-20,22-24H,1-16H2. The molecule has 4 aliphatic rings. The Hall–Kier alpha value is -0.120. The van der Waals surface area contributed by atoms with Crippen molar-refractivity contribution in [2.75, 3.05) is 39.3 Å². The highest BCUT2D eigenvalue weighted by Gasteiger charge is 2.53. The van der Waals surface area contributed by atoms with E-state index in [1.165, 1.54) is 90.6 Å². The second kappa shape index (κ2) is 8.05. The van der Waals surface area contributed by atoms with E-state index in [1.54, 1.807) is 12.8 Å². The van der Waals surface area contributed by atoms with Crippen LogP contribution in [0.25, 0.3) is 0 Å². The van der Waals surface area contributed by atoms with Crippen molar-refractivity contribution in [3.63, 3.8) is 0 Å². The molecule has 1 unspecified atom stereocenters. The summed E-state index contributed by atoms with van der Waals surface area (Å²) < 4.78 is 0. The lowest BCUT2D eigenvalue weighted by molar-refractivity contribution is -0.0860. The lowest BCUT2D eigenvalue weighted by atomic mass is 9.48. The van der Waals surface area contributed by atoms with E-state index in [2.05, 4.69) is 16.0 Å². The van der Waals surface area contributed by atoms with Crippen molar-refractivity contribution in [2.45, 2.75) is 64.2 Å². The molecular weight excluding hydrogens is 294 g/mol. The van der Waals surface area contributed by atoms with Crippen LogP contribution in [-0.2, 0) is 0 Å². The molecule has 3 N–H and O–H groups in total. The van der Waals surface area contributed by atoms with Gasteiger partial charge in [0.2, 0.25) is 0 Å². The Labute approximate surface area is 149 Å². The topological polar surface area (TPSA) is 36.1 Å². The third kappa shape index (κ3) is 3.29. The zero-order chi connectivity index (χ0) is 16.2. The molecule has 0 bridgehead atoms. The molecule has 0 aromatic heterocycles. The highest BCUT2D eigenvalue weighted by molar-refractivity contribution is 5.03. The van der Waals surface area contributed by atoms with Gasteiger partial charge in [-0.25, -0.2) is 0 Å². The first-order valence-electron chi connectivity index (χ1n) is 11.0. The van der Waals surface area contributed by atoms with Crippen molar-refractivity contribution in [3.05, 3.63) is 0 Å². The predicted molar refractivity (Wildman–Crippen MR) is 101 cm³/mol. The maximum atomic E-state index is 3.65. The SMILES string of the molecule is C1CCC(C2CCNCC2)(C2CCNCC2)C(C2CCNCC2)C1. The van der Waals surface area contributed by atoms with Crippen LogP contribution in [0, 0.1) is 29.1 Å². The zero-order valence-corrected chi connectivity index (χ0v) is 15.6. The summed E-state index contributed by atoms with van der Waals surface area (Å²) in [5.41, 5.74) is 0.685. The molecule has 1 saturated carbocycles. The Kier molecular flexibility index (Phi) is 5.81. The minimum Gasteiger partial charge on any atom is -0.317 e. The van der Waals surface area contributed by atoms with Crippen LogP contribution in [0.5, 0.6) is 0 Å². The van der Waals surface area contributed by atoms with Crippen LogP contribution in [0.1, 0.15) is 64.2 Å². The largest absolute Gasteiger partial charge is 0.317 e. The summed E-state index contributed by atoms with van der Waals surface area (Å²) in [5, 5.41) is 10.9. The number of nitrogens with one attached hydrogen (secondary N) is 3. The Morgan fingerprint density at radius 2 is 1.04 bits per heavy atom. The van der Waals surface area contributed by atoms with Gasteiger partial charge in [-0.3, -0.25) is 0 Å². The Bertz CT molecular complexity index is 361. The molecule has 0 amide bonds. The summed E-state index contributed by atoms with van der Waals surface area (Å²) in [4.78, 5) is 0. The first-order chi connectivity index (χ1) is 11.9. The van der Waals surface area contributed by atoms with E-state index in [-0.39, 0.29) is 0 Å². The fraction of sp³-hybridized carbons (Fsp3) is 1.00. The van der Waals surface area contributed by atoms with Crippen molar-refractivity contribution in [2.24, 2.45) is 29.1 Å². The normalized spacial score (nSPS) is 34.2. The monoisotopic (exact) mass is 333 g/mol. The van der Waals surface area contributed by atoms with E-state index in [1.807, 2.05) is 0 Å². The fourth-order valence-electron chi connectivity index (χ4n) is 7.24. The van der Waals surface area contributed by atoms with E-state index in [0.717, 1.165) is 23.7 Å². The summed E-state index contributed by atoms with van der Waals surface area (Å²) in [6.45, 7) is 7.64. The highest BCUT2D eigenvalue weighted by atomic mass is 14.9. The van der Waals surface area contributed by atoms with Gasteiger partial charge >= 0.3 is 0 Å². The molecule has 3 saturated heterocycles. The maximum absolute atomic E-state index is 3.65. The zero-order valence-electron chi connectivity index (χ0n) is 15.6. The van der Waals surface area contributed by atoms with E-state index in [0.29, 0.717) is 5.41 Å². The van der Waals surface area contributed by atoms with Crippen molar-refractivity contribution in [1.82, 2.24) is 16.0 Å². The maximum Gasteiger partial charge on any atom is -0.00461 e. The fourth-order valence-corrected chi connectivity index (χ4v) is 7.24. The number of piperidine rings is 3. The number of hydrogen-bond donors (Lipinski definition) is 3. The third-order valence-electron chi connectivity index (χ3n) is 8.22. The first kappa shape index (κ1) is 17.3. The van der Waals surface area contributed by atoms with Gasteiger partial charge in [0.05, 0.1) is 0 Å². The molecule has 4 rings (SSSR count). The van der Waals surface area contributed by atoms with Gasteiger partial charge in [0.1, 0.15) is 0 Å². The molecule has 0 radical (unpaired) electrons. The van der Waals surface area contributed by atoms with Gasteiger partial charge in [-0.1, -0.05) is 12.8 Å². The van der Waals surface area contributed by atoms with Crippen LogP contribution >= 0.6 is 0 Å². The van der Waals surface area contributed by atoms with Crippen LogP contribution in [0.15, 0.2) is 0 Å². The van der Waals surface area contributed by atoms with Gasteiger partial charge in [-0.05, 0) is 120 Å².